The van der Waals surface area contributed by atoms with E-state index >= 15 is 0 Å². The summed E-state index contributed by atoms with van der Waals surface area (Å²) in [5.74, 6) is 1.31. The first kappa shape index (κ1) is 23.9. The van der Waals surface area contributed by atoms with E-state index in [9.17, 15) is 0 Å². The molecule has 34 heavy (non-hydrogen) atoms. The number of rotatable bonds is 5. The lowest BCUT2D eigenvalue weighted by molar-refractivity contribution is 0.110. The van der Waals surface area contributed by atoms with Gasteiger partial charge in [0.05, 0.1) is 16.9 Å². The van der Waals surface area contributed by atoms with Crippen molar-refractivity contribution in [2.45, 2.75) is 76.2 Å². The molecular weight excluding hydrogens is 486 g/mol. The molecule has 2 aliphatic rings. The second kappa shape index (κ2) is 11.3. The minimum absolute atomic E-state index is 0.402. The van der Waals surface area contributed by atoms with Gasteiger partial charge in [-0.3, -0.25) is 9.97 Å². The van der Waals surface area contributed by atoms with Gasteiger partial charge in [0.2, 0.25) is 0 Å². The molecule has 3 heterocycles. The summed E-state index contributed by atoms with van der Waals surface area (Å²) in [6.07, 6.45) is 13.6. The molecule has 0 amide bonds. The third kappa shape index (κ3) is 5.69. The Kier molecular flexibility index (Phi) is 7.93. The van der Waals surface area contributed by atoms with Crippen molar-refractivity contribution in [1.82, 2.24) is 9.97 Å². The van der Waals surface area contributed by atoms with Gasteiger partial charge in [0.25, 0.3) is 0 Å². The topological polar surface area (TPSA) is 61.0 Å². The Morgan fingerprint density at radius 2 is 1.85 bits per heavy atom. The molecule has 2 N–H and O–H groups in total. The van der Waals surface area contributed by atoms with Gasteiger partial charge in [-0.15, -0.1) is 0 Å². The number of aromatic nitrogens is 2. The number of benzene rings is 1. The molecule has 180 valence electrons. The van der Waals surface area contributed by atoms with Crippen LogP contribution in [0.15, 0.2) is 47.1 Å². The van der Waals surface area contributed by atoms with Crippen LogP contribution < -0.4 is 5.73 Å². The van der Waals surface area contributed by atoms with Crippen molar-refractivity contribution in [3.8, 4) is 11.3 Å². The number of halogens is 1. The molecule has 5 heteroatoms. The molecular formula is C29H36BrN3O. The van der Waals surface area contributed by atoms with Crippen molar-refractivity contribution in [3.63, 3.8) is 0 Å². The number of nitrogens with zero attached hydrogens (tertiary/aromatic N) is 2. The number of nitrogens with two attached hydrogens (primary N) is 1. The average molecular weight is 523 g/mol. The summed E-state index contributed by atoms with van der Waals surface area (Å²) in [5, 5.41) is 1.18. The van der Waals surface area contributed by atoms with Crippen LogP contribution in [-0.4, -0.2) is 29.2 Å². The fourth-order valence-electron chi connectivity index (χ4n) is 5.70. The molecule has 3 aromatic rings. The Morgan fingerprint density at radius 1 is 0.971 bits per heavy atom. The van der Waals surface area contributed by atoms with Gasteiger partial charge in [0.1, 0.15) is 0 Å². The van der Waals surface area contributed by atoms with Crippen LogP contribution in [0.2, 0.25) is 0 Å². The minimum atomic E-state index is 0.402. The van der Waals surface area contributed by atoms with E-state index < -0.39 is 0 Å². The number of aryl methyl sites for hydroxylation is 1. The van der Waals surface area contributed by atoms with E-state index in [1.165, 1.54) is 53.2 Å². The molecule has 4 nitrogen and oxygen atoms in total. The molecule has 1 saturated carbocycles. The maximum Gasteiger partial charge on any atom is 0.0741 e. The zero-order valence-electron chi connectivity index (χ0n) is 20.0. The van der Waals surface area contributed by atoms with Crippen LogP contribution in [0.25, 0.3) is 22.2 Å². The highest BCUT2D eigenvalue weighted by Gasteiger charge is 2.20. The second-order valence-electron chi connectivity index (χ2n) is 10.2. The quantitative estimate of drug-likeness (QED) is 0.386. The Labute approximate surface area is 211 Å². The summed E-state index contributed by atoms with van der Waals surface area (Å²) in [6, 6.07) is 13.5. The van der Waals surface area contributed by atoms with Crippen LogP contribution in [0.1, 0.15) is 75.0 Å². The number of ether oxygens (including phenoxy) is 1. The van der Waals surface area contributed by atoms with Crippen molar-refractivity contribution in [2.75, 3.05) is 13.2 Å². The van der Waals surface area contributed by atoms with E-state index in [1.54, 1.807) is 0 Å². The van der Waals surface area contributed by atoms with Crippen molar-refractivity contribution < 1.29 is 4.74 Å². The van der Waals surface area contributed by atoms with Crippen LogP contribution in [0.4, 0.5) is 0 Å². The van der Waals surface area contributed by atoms with Crippen LogP contribution in [0.5, 0.6) is 0 Å². The monoisotopic (exact) mass is 521 g/mol. The van der Waals surface area contributed by atoms with Gasteiger partial charge in [0, 0.05) is 40.9 Å². The average Bonchev–Trinajstić information content (AvgIpc) is 2.83. The van der Waals surface area contributed by atoms with Crippen molar-refractivity contribution in [1.29, 1.82) is 0 Å². The summed E-state index contributed by atoms with van der Waals surface area (Å²) in [4.78, 5) is 9.86. The first-order chi connectivity index (χ1) is 16.7. The predicted molar refractivity (Wildman–Crippen MR) is 143 cm³/mol. The lowest BCUT2D eigenvalue weighted by Crippen LogP contribution is -2.26. The van der Waals surface area contributed by atoms with Crippen LogP contribution in [0.3, 0.4) is 0 Å². The normalized spacial score (nSPS) is 24.0. The molecule has 2 aromatic heterocycles. The molecule has 1 unspecified atom stereocenters. The molecule has 1 aromatic carbocycles. The lowest BCUT2D eigenvalue weighted by Gasteiger charge is -2.26. The number of fused-ring (bicyclic) bond motifs is 1. The van der Waals surface area contributed by atoms with Crippen LogP contribution in [-0.2, 0) is 11.2 Å². The molecule has 1 aliphatic heterocycles. The van der Waals surface area contributed by atoms with Gasteiger partial charge in [-0.1, -0.05) is 34.5 Å². The van der Waals surface area contributed by atoms with E-state index in [0.29, 0.717) is 12.0 Å². The first-order valence-electron chi connectivity index (χ1n) is 13.0. The zero-order valence-corrected chi connectivity index (χ0v) is 21.6. The Hall–Kier alpha value is -1.82. The Balaban J connectivity index is 1.40. The third-order valence-electron chi connectivity index (χ3n) is 7.80. The van der Waals surface area contributed by atoms with Gasteiger partial charge >= 0.3 is 0 Å². The van der Waals surface area contributed by atoms with E-state index in [4.69, 9.17) is 15.5 Å². The number of pyridine rings is 2. The summed E-state index contributed by atoms with van der Waals surface area (Å²) >= 11 is 3.89. The molecule has 1 atom stereocenters. The first-order valence-corrected chi connectivity index (χ1v) is 13.8. The van der Waals surface area contributed by atoms with Crippen molar-refractivity contribution in [2.24, 2.45) is 11.7 Å². The van der Waals surface area contributed by atoms with Gasteiger partial charge < -0.3 is 10.5 Å². The highest BCUT2D eigenvalue weighted by molar-refractivity contribution is 9.10. The second-order valence-corrected chi connectivity index (χ2v) is 11.0. The van der Waals surface area contributed by atoms with Crippen LogP contribution >= 0.6 is 15.9 Å². The molecule has 0 radical (unpaired) electrons. The molecule has 0 bridgehead atoms. The predicted octanol–water partition coefficient (Wildman–Crippen LogP) is 7.18. The molecule has 1 saturated heterocycles. The number of hydrogen-bond acceptors (Lipinski definition) is 4. The highest BCUT2D eigenvalue weighted by Crippen LogP contribution is 2.36. The SMILES string of the molecule is NC1CCC(CCc2nc(-c3ccc(C4CCCCOCC4)c(Br)c3)cc3ncccc23)CC1. The standard InChI is InChI=1S/C29H36BrN3O/c30-26-18-22(9-12-24(26)21-4-1-2-16-34-17-14-21)28-19-29-25(5-3-15-32-29)27(33-28)13-8-20-6-10-23(31)11-7-20/h3,5,9,12,15,18-21,23H,1-2,4,6-8,10-11,13-14,16-17,31H2. The minimum Gasteiger partial charge on any atom is -0.381 e. The lowest BCUT2D eigenvalue weighted by atomic mass is 9.83. The zero-order chi connectivity index (χ0) is 23.3. The summed E-state index contributed by atoms with van der Waals surface area (Å²) < 4.78 is 6.93. The van der Waals surface area contributed by atoms with Crippen LogP contribution in [0, 0.1) is 5.92 Å². The van der Waals surface area contributed by atoms with Gasteiger partial charge in [-0.2, -0.15) is 0 Å². The van der Waals surface area contributed by atoms with Crippen molar-refractivity contribution in [3.05, 3.63) is 58.3 Å². The maximum atomic E-state index is 6.12. The van der Waals surface area contributed by atoms with E-state index in [2.05, 4.69) is 51.2 Å². The molecule has 5 rings (SSSR count). The molecule has 1 aliphatic carbocycles. The fraction of sp³-hybridized carbons (Fsp3) is 0.517. The molecule has 0 spiro atoms. The summed E-state index contributed by atoms with van der Waals surface area (Å²) in [6.45, 7) is 1.76. The Morgan fingerprint density at radius 3 is 2.71 bits per heavy atom. The van der Waals surface area contributed by atoms with Gasteiger partial charge in [0.15, 0.2) is 0 Å². The Bertz CT molecular complexity index is 1100. The fourth-order valence-corrected chi connectivity index (χ4v) is 6.40. The smallest absolute Gasteiger partial charge is 0.0741 e. The van der Waals surface area contributed by atoms with Gasteiger partial charge in [-0.25, -0.2) is 0 Å². The largest absolute Gasteiger partial charge is 0.381 e. The number of hydrogen-bond donors (Lipinski definition) is 1. The maximum absolute atomic E-state index is 6.12. The van der Waals surface area contributed by atoms with E-state index in [1.807, 2.05) is 12.3 Å². The van der Waals surface area contributed by atoms with E-state index in [-0.39, 0.29) is 0 Å². The molecule has 2 fully saturated rings. The third-order valence-corrected chi connectivity index (χ3v) is 8.48. The highest BCUT2D eigenvalue weighted by atomic mass is 79.9. The van der Waals surface area contributed by atoms with Gasteiger partial charge in [-0.05, 0) is 99.5 Å². The summed E-state index contributed by atoms with van der Waals surface area (Å²) in [5.41, 5.74) is 11.9. The summed E-state index contributed by atoms with van der Waals surface area (Å²) in [7, 11) is 0. The van der Waals surface area contributed by atoms with E-state index in [0.717, 1.165) is 68.0 Å². The van der Waals surface area contributed by atoms with Crippen molar-refractivity contribution >= 4 is 26.8 Å².